The van der Waals surface area contributed by atoms with Gasteiger partial charge in [-0.25, -0.2) is 0 Å². The fraction of sp³-hybridized carbons (Fsp3) is 0.250. The van der Waals surface area contributed by atoms with Crippen LogP contribution in [0.4, 0.5) is 5.69 Å². The van der Waals surface area contributed by atoms with E-state index in [1.165, 1.54) is 0 Å². The fourth-order valence-corrected chi connectivity index (χ4v) is 2.42. The van der Waals surface area contributed by atoms with Crippen LogP contribution < -0.4 is 11.1 Å². The lowest BCUT2D eigenvalue weighted by atomic mass is 10.0. The summed E-state index contributed by atoms with van der Waals surface area (Å²) in [5.74, 6) is -1.18. The van der Waals surface area contributed by atoms with Gasteiger partial charge in [-0.3, -0.25) is 9.59 Å². The van der Waals surface area contributed by atoms with Gasteiger partial charge in [0.2, 0.25) is 0 Å². The van der Waals surface area contributed by atoms with Gasteiger partial charge in [0, 0.05) is 12.2 Å². The topological polar surface area (TPSA) is 92.4 Å². The van der Waals surface area contributed by atoms with Gasteiger partial charge in [0.25, 0.3) is 5.91 Å². The summed E-state index contributed by atoms with van der Waals surface area (Å²) >= 11 is 0. The number of nitrogen functional groups attached to an aromatic ring is 1. The Morgan fingerprint density at radius 2 is 1.81 bits per heavy atom. The molecule has 0 aliphatic heterocycles. The molecule has 3 rings (SSSR count). The van der Waals surface area contributed by atoms with Crippen LogP contribution in [-0.2, 0) is 4.79 Å². The Kier molecular flexibility index (Phi) is 3.05. The Morgan fingerprint density at radius 1 is 1.19 bits per heavy atom. The van der Waals surface area contributed by atoms with E-state index in [2.05, 4.69) is 5.32 Å². The smallest absolute Gasteiger partial charge is 0.311 e. The van der Waals surface area contributed by atoms with Gasteiger partial charge in [0.05, 0.1) is 11.0 Å². The Balaban J connectivity index is 1.81. The lowest BCUT2D eigenvalue weighted by Gasteiger charge is -2.13. The van der Waals surface area contributed by atoms with Crippen LogP contribution >= 0.6 is 0 Å². The molecular formula is C16H16N2O3. The summed E-state index contributed by atoms with van der Waals surface area (Å²) in [6.07, 6.45) is 1.21. The molecule has 0 heterocycles. The molecule has 0 atom stereocenters. The number of nitrogens with two attached hydrogens (primary N) is 1. The molecule has 4 N–H and O–H groups in total. The number of fused-ring (bicyclic) bond motifs is 1. The normalized spacial score (nSPS) is 15.6. The fourth-order valence-electron chi connectivity index (χ4n) is 2.42. The molecule has 1 amide bonds. The van der Waals surface area contributed by atoms with E-state index in [1.54, 1.807) is 12.1 Å². The number of anilines is 1. The summed E-state index contributed by atoms with van der Waals surface area (Å²) in [4.78, 5) is 23.3. The summed E-state index contributed by atoms with van der Waals surface area (Å²) < 4.78 is 0. The highest BCUT2D eigenvalue weighted by atomic mass is 16.4. The first kappa shape index (κ1) is 13.4. The molecule has 2 aromatic carbocycles. The minimum atomic E-state index is -0.853. The summed E-state index contributed by atoms with van der Waals surface area (Å²) in [7, 11) is 0. The Hall–Kier alpha value is -2.56. The van der Waals surface area contributed by atoms with Crippen molar-refractivity contribution in [1.82, 2.24) is 5.32 Å². The highest BCUT2D eigenvalue weighted by Gasteiger charge is 2.50. The molecule has 0 unspecified atom stereocenters. The van der Waals surface area contributed by atoms with Crippen LogP contribution in [0.25, 0.3) is 10.8 Å². The monoisotopic (exact) mass is 284 g/mol. The van der Waals surface area contributed by atoms with Gasteiger partial charge in [-0.1, -0.05) is 24.3 Å². The van der Waals surface area contributed by atoms with Crippen molar-refractivity contribution in [2.75, 3.05) is 12.3 Å². The number of carboxylic acid groups (broad SMARTS) is 1. The summed E-state index contributed by atoms with van der Waals surface area (Å²) in [6, 6.07) is 11.1. The minimum absolute atomic E-state index is 0.146. The maximum Gasteiger partial charge on any atom is 0.311 e. The molecule has 0 radical (unpaired) electrons. The van der Waals surface area contributed by atoms with E-state index in [9.17, 15) is 9.59 Å². The average molecular weight is 284 g/mol. The summed E-state index contributed by atoms with van der Waals surface area (Å²) in [5.41, 5.74) is 5.93. The number of benzene rings is 2. The van der Waals surface area contributed by atoms with Crippen molar-refractivity contribution in [2.24, 2.45) is 5.41 Å². The molecule has 108 valence electrons. The van der Waals surface area contributed by atoms with E-state index in [0.29, 0.717) is 24.1 Å². The molecule has 0 saturated heterocycles. The molecule has 5 nitrogen and oxygen atoms in total. The molecule has 1 aliphatic carbocycles. The van der Waals surface area contributed by atoms with Gasteiger partial charge in [-0.05, 0) is 35.7 Å². The van der Waals surface area contributed by atoms with Gasteiger partial charge in [-0.2, -0.15) is 0 Å². The van der Waals surface area contributed by atoms with E-state index in [1.807, 2.05) is 24.3 Å². The Morgan fingerprint density at radius 3 is 2.38 bits per heavy atom. The quantitative estimate of drug-likeness (QED) is 0.749. The maximum atomic E-state index is 12.2. The third-order valence-corrected chi connectivity index (χ3v) is 4.06. The van der Waals surface area contributed by atoms with Crippen LogP contribution in [0, 0.1) is 5.41 Å². The first-order chi connectivity index (χ1) is 10.0. The van der Waals surface area contributed by atoms with Crippen molar-refractivity contribution in [3.8, 4) is 0 Å². The van der Waals surface area contributed by atoms with Crippen LogP contribution in [0.1, 0.15) is 23.2 Å². The van der Waals surface area contributed by atoms with Crippen molar-refractivity contribution < 1.29 is 14.7 Å². The summed E-state index contributed by atoms with van der Waals surface area (Å²) in [5, 5.41) is 13.7. The molecule has 0 spiro atoms. The van der Waals surface area contributed by atoms with Crippen molar-refractivity contribution in [3.63, 3.8) is 0 Å². The molecular weight excluding hydrogens is 268 g/mol. The first-order valence-electron chi connectivity index (χ1n) is 6.82. The second-order valence-corrected chi connectivity index (χ2v) is 5.55. The largest absolute Gasteiger partial charge is 0.481 e. The molecule has 0 bridgehead atoms. The number of amides is 1. The zero-order valence-electron chi connectivity index (χ0n) is 11.4. The Labute approximate surface area is 121 Å². The summed E-state index contributed by atoms with van der Waals surface area (Å²) in [6.45, 7) is 0.146. The standard InChI is InChI=1S/C16H16N2O3/c17-13-8-11-4-2-1-3-10(11)7-12(13)14(19)18-9-16(5-6-16)15(20)21/h1-4,7-8H,5-6,9,17H2,(H,18,19)(H,20,21). The molecule has 0 aromatic heterocycles. The minimum Gasteiger partial charge on any atom is -0.481 e. The maximum absolute atomic E-state index is 12.2. The van der Waals surface area contributed by atoms with Crippen LogP contribution in [0.2, 0.25) is 0 Å². The van der Waals surface area contributed by atoms with Crippen LogP contribution in [0.3, 0.4) is 0 Å². The highest BCUT2D eigenvalue weighted by Crippen LogP contribution is 2.45. The lowest BCUT2D eigenvalue weighted by Crippen LogP contribution is -2.34. The molecule has 2 aromatic rings. The number of hydrogen-bond acceptors (Lipinski definition) is 3. The van der Waals surface area contributed by atoms with Crippen LogP contribution in [-0.4, -0.2) is 23.5 Å². The SMILES string of the molecule is Nc1cc2ccccc2cc1C(=O)NCC1(C(=O)O)CC1. The van der Waals surface area contributed by atoms with Gasteiger partial charge in [0.1, 0.15) is 0 Å². The number of rotatable bonds is 4. The van der Waals surface area contributed by atoms with Gasteiger partial charge in [-0.15, -0.1) is 0 Å². The van der Waals surface area contributed by atoms with Crippen molar-refractivity contribution in [2.45, 2.75) is 12.8 Å². The number of hydrogen-bond donors (Lipinski definition) is 3. The molecule has 1 fully saturated rings. The highest BCUT2D eigenvalue weighted by molar-refractivity contribution is 6.04. The van der Waals surface area contributed by atoms with Crippen molar-refractivity contribution in [3.05, 3.63) is 42.0 Å². The second kappa shape index (κ2) is 4.77. The third-order valence-electron chi connectivity index (χ3n) is 4.06. The molecule has 1 aliphatic rings. The predicted octanol–water partition coefficient (Wildman–Crippen LogP) is 2.02. The van der Waals surface area contributed by atoms with Crippen molar-refractivity contribution >= 4 is 28.3 Å². The van der Waals surface area contributed by atoms with E-state index in [-0.39, 0.29) is 12.5 Å². The zero-order valence-corrected chi connectivity index (χ0v) is 11.4. The number of nitrogens with one attached hydrogen (secondary N) is 1. The Bertz CT molecular complexity index is 735. The van der Waals surface area contributed by atoms with Gasteiger partial charge >= 0.3 is 5.97 Å². The molecule has 1 saturated carbocycles. The first-order valence-corrected chi connectivity index (χ1v) is 6.82. The third kappa shape index (κ3) is 2.42. The van der Waals surface area contributed by atoms with E-state index < -0.39 is 11.4 Å². The van der Waals surface area contributed by atoms with Crippen LogP contribution in [0.5, 0.6) is 0 Å². The van der Waals surface area contributed by atoms with Crippen molar-refractivity contribution in [1.29, 1.82) is 0 Å². The average Bonchev–Trinajstić information content (AvgIpc) is 3.25. The number of carbonyl (C=O) groups is 2. The number of carbonyl (C=O) groups excluding carboxylic acids is 1. The van der Waals surface area contributed by atoms with E-state index in [4.69, 9.17) is 10.8 Å². The van der Waals surface area contributed by atoms with E-state index in [0.717, 1.165) is 10.8 Å². The number of aliphatic carboxylic acids is 1. The molecule has 21 heavy (non-hydrogen) atoms. The zero-order chi connectivity index (χ0) is 15.0. The molecule has 5 heteroatoms. The van der Waals surface area contributed by atoms with E-state index >= 15 is 0 Å². The van der Waals surface area contributed by atoms with Crippen LogP contribution in [0.15, 0.2) is 36.4 Å². The van der Waals surface area contributed by atoms with Gasteiger partial charge in [0.15, 0.2) is 0 Å². The second-order valence-electron chi connectivity index (χ2n) is 5.55. The predicted molar refractivity (Wildman–Crippen MR) is 80.0 cm³/mol. The number of carboxylic acids is 1. The van der Waals surface area contributed by atoms with Gasteiger partial charge < -0.3 is 16.2 Å². The lowest BCUT2D eigenvalue weighted by molar-refractivity contribution is -0.143.